The lowest BCUT2D eigenvalue weighted by atomic mass is 10.0. The van der Waals surface area contributed by atoms with Gasteiger partial charge in [-0.2, -0.15) is 0 Å². The average Bonchev–Trinajstić information content (AvgIpc) is 2.93. The summed E-state index contributed by atoms with van der Waals surface area (Å²) in [5.41, 5.74) is 4.55. The summed E-state index contributed by atoms with van der Waals surface area (Å²) in [4.78, 5) is 43.2. The highest BCUT2D eigenvalue weighted by atomic mass is 16.6. The van der Waals surface area contributed by atoms with E-state index in [1.807, 2.05) is 50.2 Å². The number of aromatic carboxylic acids is 1. The van der Waals surface area contributed by atoms with Crippen LogP contribution in [0.3, 0.4) is 0 Å². The molecule has 198 valence electrons. The maximum atomic E-state index is 11.6. The molecule has 0 amide bonds. The molecule has 0 atom stereocenters. The number of ether oxygens (including phenoxy) is 1. The molecule has 0 saturated carbocycles. The number of hydrogen-bond donors (Lipinski definition) is 1. The van der Waals surface area contributed by atoms with Crippen LogP contribution < -0.4 is 0 Å². The van der Waals surface area contributed by atoms with Gasteiger partial charge >= 0.3 is 11.9 Å². The molecular weight excluding hydrogens is 504 g/mol. The SMILES string of the molecule is COC(=O)c1cc(-c2ccc(C)cc2)cc([N+](=O)[O-])c1.Cc1ccc(-c2cc(C(=O)O)cc([N+](=O)[O-])c2)cc1. The Kier molecular flexibility index (Phi) is 8.85. The second-order valence-electron chi connectivity index (χ2n) is 8.58. The monoisotopic (exact) mass is 528 g/mol. The molecule has 0 unspecified atom stereocenters. The van der Waals surface area contributed by atoms with Crippen LogP contribution in [0.1, 0.15) is 31.8 Å². The Balaban J connectivity index is 0.000000216. The first kappa shape index (κ1) is 28.2. The number of methoxy groups -OCH3 is 1. The van der Waals surface area contributed by atoms with Crippen molar-refractivity contribution in [2.24, 2.45) is 0 Å². The number of benzene rings is 4. The van der Waals surface area contributed by atoms with Gasteiger partial charge in [-0.25, -0.2) is 9.59 Å². The summed E-state index contributed by atoms with van der Waals surface area (Å²) in [6.07, 6.45) is 0. The van der Waals surface area contributed by atoms with Gasteiger partial charge in [0.25, 0.3) is 11.4 Å². The molecule has 0 radical (unpaired) electrons. The van der Waals surface area contributed by atoms with Gasteiger partial charge in [0.1, 0.15) is 0 Å². The highest BCUT2D eigenvalue weighted by Gasteiger charge is 2.16. The molecule has 0 heterocycles. The number of non-ortho nitro benzene ring substituents is 2. The second-order valence-corrected chi connectivity index (χ2v) is 8.58. The third-order valence-corrected chi connectivity index (χ3v) is 5.70. The van der Waals surface area contributed by atoms with Crippen molar-refractivity contribution in [3.63, 3.8) is 0 Å². The van der Waals surface area contributed by atoms with Gasteiger partial charge in [-0.15, -0.1) is 0 Å². The van der Waals surface area contributed by atoms with Crippen molar-refractivity contribution >= 4 is 23.3 Å². The molecule has 0 aliphatic carbocycles. The van der Waals surface area contributed by atoms with E-state index in [1.54, 1.807) is 18.2 Å². The fourth-order valence-corrected chi connectivity index (χ4v) is 3.62. The Hall–Kier alpha value is -5.38. The van der Waals surface area contributed by atoms with E-state index < -0.39 is 21.8 Å². The first-order valence-corrected chi connectivity index (χ1v) is 11.5. The minimum atomic E-state index is -1.18. The number of esters is 1. The Morgan fingerprint density at radius 3 is 1.38 bits per heavy atom. The predicted octanol–water partition coefficient (Wildman–Crippen LogP) is 6.63. The third-order valence-electron chi connectivity index (χ3n) is 5.70. The molecule has 0 saturated heterocycles. The highest BCUT2D eigenvalue weighted by Crippen LogP contribution is 2.28. The smallest absolute Gasteiger partial charge is 0.338 e. The fraction of sp³-hybridized carbons (Fsp3) is 0.103. The van der Waals surface area contributed by atoms with E-state index in [9.17, 15) is 29.8 Å². The molecule has 4 aromatic carbocycles. The number of carbonyl (C=O) groups excluding carboxylic acids is 1. The Labute approximate surface area is 223 Å². The molecule has 0 bridgehead atoms. The fourth-order valence-electron chi connectivity index (χ4n) is 3.62. The Morgan fingerprint density at radius 1 is 0.641 bits per heavy atom. The number of nitro benzene ring substituents is 2. The van der Waals surface area contributed by atoms with Gasteiger partial charge in [0.15, 0.2) is 0 Å². The summed E-state index contributed by atoms with van der Waals surface area (Å²) in [5.74, 6) is -1.78. The normalized spacial score (nSPS) is 10.1. The van der Waals surface area contributed by atoms with Crippen LogP contribution in [-0.4, -0.2) is 34.0 Å². The van der Waals surface area contributed by atoms with Gasteiger partial charge in [-0.05, 0) is 48.2 Å². The lowest BCUT2D eigenvalue weighted by Crippen LogP contribution is -2.02. The maximum Gasteiger partial charge on any atom is 0.338 e. The standard InChI is InChI=1S/C15H13NO4.C14H11NO4/c1-10-3-5-11(6-4-10)12-7-13(15(17)20-2)9-14(8-12)16(18)19;1-9-2-4-10(5-3-9)11-6-12(14(16)17)8-13(7-11)15(18)19/h3-9H,1-2H3;2-8H,1H3,(H,16,17). The van der Waals surface area contributed by atoms with Crippen LogP contribution in [0.15, 0.2) is 84.9 Å². The molecule has 10 heteroatoms. The molecular formula is C29H24N2O8. The second kappa shape index (κ2) is 12.2. The van der Waals surface area contributed by atoms with E-state index in [4.69, 9.17) is 5.11 Å². The molecule has 0 aliphatic rings. The van der Waals surface area contributed by atoms with E-state index in [2.05, 4.69) is 4.74 Å². The third kappa shape index (κ3) is 7.32. The Bertz CT molecular complexity index is 1510. The van der Waals surface area contributed by atoms with Crippen LogP contribution >= 0.6 is 0 Å². The van der Waals surface area contributed by atoms with Crippen LogP contribution in [0, 0.1) is 34.1 Å². The van der Waals surface area contributed by atoms with Crippen LogP contribution in [0.5, 0.6) is 0 Å². The summed E-state index contributed by atoms with van der Waals surface area (Å²) >= 11 is 0. The number of carboxylic acids is 1. The van der Waals surface area contributed by atoms with E-state index in [-0.39, 0.29) is 22.5 Å². The molecule has 0 fully saturated rings. The number of carboxylic acid groups (broad SMARTS) is 1. The van der Waals surface area contributed by atoms with Gasteiger partial charge in [0.05, 0.1) is 28.1 Å². The first-order chi connectivity index (χ1) is 18.5. The lowest BCUT2D eigenvalue weighted by Gasteiger charge is -2.05. The number of hydrogen-bond acceptors (Lipinski definition) is 7. The van der Waals surface area contributed by atoms with Crippen LogP contribution in [0.25, 0.3) is 22.3 Å². The number of rotatable bonds is 6. The summed E-state index contributed by atoms with van der Waals surface area (Å²) in [7, 11) is 1.24. The number of nitro groups is 2. The molecule has 0 spiro atoms. The Morgan fingerprint density at radius 2 is 1.03 bits per heavy atom. The average molecular weight is 529 g/mol. The molecule has 1 N–H and O–H groups in total. The number of nitrogens with zero attached hydrogens (tertiary/aromatic N) is 2. The van der Waals surface area contributed by atoms with Crippen LogP contribution in [0.2, 0.25) is 0 Å². The van der Waals surface area contributed by atoms with Crippen molar-refractivity contribution in [2.45, 2.75) is 13.8 Å². The van der Waals surface area contributed by atoms with Crippen molar-refractivity contribution < 1.29 is 29.3 Å². The summed E-state index contributed by atoms with van der Waals surface area (Å²) in [6.45, 7) is 3.89. The molecule has 0 aromatic heterocycles. The van der Waals surface area contributed by atoms with E-state index in [0.29, 0.717) is 11.1 Å². The van der Waals surface area contributed by atoms with Crippen molar-refractivity contribution in [3.8, 4) is 22.3 Å². The molecule has 4 rings (SSSR count). The largest absolute Gasteiger partial charge is 0.478 e. The zero-order valence-electron chi connectivity index (χ0n) is 21.3. The number of aryl methyl sites for hydroxylation is 2. The van der Waals surface area contributed by atoms with E-state index in [0.717, 1.165) is 28.3 Å². The topological polar surface area (TPSA) is 150 Å². The van der Waals surface area contributed by atoms with E-state index in [1.165, 1.54) is 31.4 Å². The molecule has 4 aromatic rings. The first-order valence-electron chi connectivity index (χ1n) is 11.5. The highest BCUT2D eigenvalue weighted by molar-refractivity contribution is 5.92. The molecule has 10 nitrogen and oxygen atoms in total. The summed E-state index contributed by atoms with van der Waals surface area (Å²) in [5, 5.41) is 30.8. The van der Waals surface area contributed by atoms with Crippen molar-refractivity contribution in [1.82, 2.24) is 0 Å². The van der Waals surface area contributed by atoms with Gasteiger partial charge < -0.3 is 9.84 Å². The zero-order chi connectivity index (χ0) is 28.7. The zero-order valence-corrected chi connectivity index (χ0v) is 21.3. The summed E-state index contributed by atoms with van der Waals surface area (Å²) < 4.78 is 4.62. The van der Waals surface area contributed by atoms with E-state index >= 15 is 0 Å². The minimum absolute atomic E-state index is 0.0928. The predicted molar refractivity (Wildman–Crippen MR) is 145 cm³/mol. The van der Waals surface area contributed by atoms with Crippen LogP contribution in [0.4, 0.5) is 11.4 Å². The summed E-state index contributed by atoms with van der Waals surface area (Å²) in [6, 6.07) is 23.0. The van der Waals surface area contributed by atoms with Gasteiger partial charge in [-0.1, -0.05) is 59.7 Å². The van der Waals surface area contributed by atoms with Crippen LogP contribution in [-0.2, 0) is 4.74 Å². The van der Waals surface area contributed by atoms with Gasteiger partial charge in [0, 0.05) is 24.3 Å². The molecule has 39 heavy (non-hydrogen) atoms. The quantitative estimate of drug-likeness (QED) is 0.166. The van der Waals surface area contributed by atoms with Crippen molar-refractivity contribution in [2.75, 3.05) is 7.11 Å². The maximum absolute atomic E-state index is 11.6. The van der Waals surface area contributed by atoms with Gasteiger partial charge in [-0.3, -0.25) is 20.2 Å². The number of carbonyl (C=O) groups is 2. The lowest BCUT2D eigenvalue weighted by molar-refractivity contribution is -0.385. The van der Waals surface area contributed by atoms with Crippen molar-refractivity contribution in [3.05, 3.63) is 127 Å². The minimum Gasteiger partial charge on any atom is -0.478 e. The van der Waals surface area contributed by atoms with Gasteiger partial charge in [0.2, 0.25) is 0 Å². The van der Waals surface area contributed by atoms with Crippen molar-refractivity contribution in [1.29, 1.82) is 0 Å². The molecule has 0 aliphatic heterocycles.